The van der Waals surface area contributed by atoms with Gasteiger partial charge >= 0.3 is 0 Å². The van der Waals surface area contributed by atoms with Crippen LogP contribution in [-0.4, -0.2) is 30.2 Å². The molecule has 0 saturated heterocycles. The summed E-state index contributed by atoms with van der Waals surface area (Å²) in [7, 11) is 0. The predicted octanol–water partition coefficient (Wildman–Crippen LogP) is -0.388. The van der Waals surface area contributed by atoms with Crippen molar-refractivity contribution in [2.45, 2.75) is 32.2 Å². The number of amides is 1. The van der Waals surface area contributed by atoms with Crippen molar-refractivity contribution < 1.29 is 9.90 Å². The molecule has 76 valence electrons. The van der Waals surface area contributed by atoms with Gasteiger partial charge in [-0.15, -0.1) is 0 Å². The molecule has 0 aromatic heterocycles. The van der Waals surface area contributed by atoms with Crippen LogP contribution in [0.4, 0.5) is 0 Å². The van der Waals surface area contributed by atoms with Gasteiger partial charge in [0.15, 0.2) is 0 Å². The summed E-state index contributed by atoms with van der Waals surface area (Å²) in [5.41, 5.74) is 5.58. The number of nitrogens with two attached hydrogens (primary N) is 1. The van der Waals surface area contributed by atoms with Crippen LogP contribution in [0.2, 0.25) is 0 Å². The normalized spacial score (nSPS) is 20.8. The minimum absolute atomic E-state index is 0.107. The van der Waals surface area contributed by atoms with E-state index in [1.165, 1.54) is 0 Å². The summed E-state index contributed by atoms with van der Waals surface area (Å²) in [6.07, 6.45) is 2.99. The van der Waals surface area contributed by atoms with E-state index in [0.717, 1.165) is 19.3 Å². The van der Waals surface area contributed by atoms with E-state index in [-0.39, 0.29) is 17.9 Å². The molecule has 0 aromatic carbocycles. The molecule has 1 amide bonds. The van der Waals surface area contributed by atoms with Crippen LogP contribution in [0.3, 0.4) is 0 Å². The molecule has 4 heteroatoms. The summed E-state index contributed by atoms with van der Waals surface area (Å²) < 4.78 is 0. The maximum Gasteiger partial charge on any atom is 0.236 e. The van der Waals surface area contributed by atoms with Crippen molar-refractivity contribution >= 4 is 5.91 Å². The van der Waals surface area contributed by atoms with Crippen molar-refractivity contribution in [2.24, 2.45) is 11.1 Å². The number of aliphatic hydroxyl groups is 1. The fourth-order valence-corrected chi connectivity index (χ4v) is 1.36. The minimum Gasteiger partial charge on any atom is -0.396 e. The number of carbonyl (C=O) groups is 1. The Bertz CT molecular complexity index is 188. The van der Waals surface area contributed by atoms with E-state index < -0.39 is 6.04 Å². The molecule has 1 rings (SSSR count). The predicted molar refractivity (Wildman–Crippen MR) is 50.0 cm³/mol. The van der Waals surface area contributed by atoms with Crippen LogP contribution in [0.25, 0.3) is 0 Å². The summed E-state index contributed by atoms with van der Waals surface area (Å²) in [5.74, 6) is -0.107. The lowest BCUT2D eigenvalue weighted by Gasteiger charge is -2.15. The molecule has 0 heterocycles. The lowest BCUT2D eigenvalue weighted by Crippen LogP contribution is -2.41. The molecule has 0 unspecified atom stereocenters. The fourth-order valence-electron chi connectivity index (χ4n) is 1.36. The summed E-state index contributed by atoms with van der Waals surface area (Å²) in [4.78, 5) is 11.1. The average Bonchev–Trinajstić information content (AvgIpc) is 2.82. The quantitative estimate of drug-likeness (QED) is 0.547. The van der Waals surface area contributed by atoms with E-state index in [2.05, 4.69) is 5.32 Å². The van der Waals surface area contributed by atoms with Crippen molar-refractivity contribution in [2.75, 3.05) is 13.2 Å². The topological polar surface area (TPSA) is 75.4 Å². The Hall–Kier alpha value is -0.610. The Morgan fingerprint density at radius 3 is 2.69 bits per heavy atom. The molecule has 1 aliphatic rings. The third kappa shape index (κ3) is 2.97. The SMILES string of the molecule is C[C@@H](N)C(=O)NCC1(CCO)CC1. The number of carbonyl (C=O) groups excluding carboxylic acids is 1. The van der Waals surface area contributed by atoms with Gasteiger partial charge in [0.1, 0.15) is 0 Å². The highest BCUT2D eigenvalue weighted by Gasteiger charge is 2.41. The molecule has 1 aliphatic carbocycles. The van der Waals surface area contributed by atoms with Gasteiger partial charge in [0.05, 0.1) is 6.04 Å². The molecule has 0 spiro atoms. The highest BCUT2D eigenvalue weighted by atomic mass is 16.3. The number of nitrogens with one attached hydrogen (secondary N) is 1. The minimum atomic E-state index is -0.440. The van der Waals surface area contributed by atoms with Crippen LogP contribution in [0.1, 0.15) is 26.2 Å². The molecule has 0 aromatic rings. The lowest BCUT2D eigenvalue weighted by atomic mass is 10.0. The average molecular weight is 186 g/mol. The molecular formula is C9H18N2O2. The first kappa shape index (κ1) is 10.5. The molecule has 0 radical (unpaired) electrons. The first-order valence-electron chi connectivity index (χ1n) is 4.74. The van der Waals surface area contributed by atoms with Gasteiger partial charge in [-0.2, -0.15) is 0 Å². The monoisotopic (exact) mass is 186 g/mol. The van der Waals surface area contributed by atoms with E-state index in [0.29, 0.717) is 6.54 Å². The van der Waals surface area contributed by atoms with Gasteiger partial charge in [0, 0.05) is 13.2 Å². The van der Waals surface area contributed by atoms with Crippen molar-refractivity contribution in [3.8, 4) is 0 Å². The van der Waals surface area contributed by atoms with Crippen molar-refractivity contribution in [3.63, 3.8) is 0 Å². The summed E-state index contributed by atoms with van der Waals surface area (Å²) in [6.45, 7) is 2.53. The van der Waals surface area contributed by atoms with Gasteiger partial charge in [0.25, 0.3) is 0 Å². The summed E-state index contributed by atoms with van der Waals surface area (Å²) in [5, 5.41) is 11.6. The Balaban J connectivity index is 2.22. The standard InChI is InChI=1S/C9H18N2O2/c1-7(10)8(13)11-6-9(2-3-9)4-5-12/h7,12H,2-6,10H2,1H3,(H,11,13)/t7-/m1/s1. The van der Waals surface area contributed by atoms with Crippen molar-refractivity contribution in [1.29, 1.82) is 0 Å². The van der Waals surface area contributed by atoms with E-state index >= 15 is 0 Å². The highest BCUT2D eigenvalue weighted by Crippen LogP contribution is 2.47. The first-order valence-corrected chi connectivity index (χ1v) is 4.74. The summed E-state index contributed by atoms with van der Waals surface area (Å²) in [6, 6.07) is -0.440. The van der Waals surface area contributed by atoms with Crippen LogP contribution < -0.4 is 11.1 Å². The molecule has 0 bridgehead atoms. The van der Waals surface area contributed by atoms with E-state index in [1.807, 2.05) is 0 Å². The number of hydrogen-bond donors (Lipinski definition) is 3. The maximum atomic E-state index is 11.1. The zero-order chi connectivity index (χ0) is 9.90. The van der Waals surface area contributed by atoms with E-state index in [4.69, 9.17) is 10.8 Å². The smallest absolute Gasteiger partial charge is 0.236 e. The van der Waals surface area contributed by atoms with Crippen molar-refractivity contribution in [3.05, 3.63) is 0 Å². The Morgan fingerprint density at radius 1 is 1.69 bits per heavy atom. The van der Waals surface area contributed by atoms with Crippen molar-refractivity contribution in [1.82, 2.24) is 5.32 Å². The number of rotatable bonds is 5. The second kappa shape index (κ2) is 4.07. The Kier molecular flexibility index (Phi) is 3.27. The zero-order valence-electron chi connectivity index (χ0n) is 8.05. The van der Waals surface area contributed by atoms with Crippen LogP contribution in [0.5, 0.6) is 0 Å². The molecule has 1 saturated carbocycles. The van der Waals surface area contributed by atoms with Crippen LogP contribution in [0, 0.1) is 5.41 Å². The third-order valence-electron chi connectivity index (χ3n) is 2.65. The Morgan fingerprint density at radius 2 is 2.31 bits per heavy atom. The Labute approximate surface area is 78.5 Å². The molecule has 1 atom stereocenters. The van der Waals surface area contributed by atoms with Crippen LogP contribution in [-0.2, 0) is 4.79 Å². The lowest BCUT2D eigenvalue weighted by molar-refractivity contribution is -0.122. The fraction of sp³-hybridized carbons (Fsp3) is 0.889. The van der Waals surface area contributed by atoms with Crippen LogP contribution in [0.15, 0.2) is 0 Å². The van der Waals surface area contributed by atoms with Gasteiger partial charge in [-0.1, -0.05) is 0 Å². The molecule has 1 fully saturated rings. The highest BCUT2D eigenvalue weighted by molar-refractivity contribution is 5.81. The largest absolute Gasteiger partial charge is 0.396 e. The molecular weight excluding hydrogens is 168 g/mol. The molecule has 4 N–H and O–H groups in total. The molecule has 13 heavy (non-hydrogen) atoms. The summed E-state index contributed by atoms with van der Waals surface area (Å²) >= 11 is 0. The number of hydrogen-bond acceptors (Lipinski definition) is 3. The number of aliphatic hydroxyl groups excluding tert-OH is 1. The van der Waals surface area contributed by atoms with Gasteiger partial charge in [0.2, 0.25) is 5.91 Å². The zero-order valence-corrected chi connectivity index (χ0v) is 8.05. The van der Waals surface area contributed by atoms with Gasteiger partial charge < -0.3 is 16.2 Å². The second-order valence-electron chi connectivity index (χ2n) is 3.98. The molecule has 0 aliphatic heterocycles. The van der Waals surface area contributed by atoms with E-state index in [1.54, 1.807) is 6.92 Å². The van der Waals surface area contributed by atoms with E-state index in [9.17, 15) is 4.79 Å². The second-order valence-corrected chi connectivity index (χ2v) is 3.98. The maximum absolute atomic E-state index is 11.1. The van der Waals surface area contributed by atoms with Gasteiger partial charge in [-0.05, 0) is 31.6 Å². The molecule has 4 nitrogen and oxygen atoms in total. The first-order chi connectivity index (χ1) is 6.09. The third-order valence-corrected chi connectivity index (χ3v) is 2.65. The van der Waals surface area contributed by atoms with Crippen LogP contribution >= 0.6 is 0 Å². The van der Waals surface area contributed by atoms with Gasteiger partial charge in [-0.3, -0.25) is 4.79 Å². The van der Waals surface area contributed by atoms with Gasteiger partial charge in [-0.25, -0.2) is 0 Å².